The third-order valence-electron chi connectivity index (χ3n) is 5.80. The van der Waals surface area contributed by atoms with Crippen LogP contribution in [0.3, 0.4) is 0 Å². The number of carbonyl (C=O) groups excluding carboxylic acids is 1. The molecule has 1 fully saturated rings. The van der Waals surface area contributed by atoms with Gasteiger partial charge in [-0.2, -0.15) is 0 Å². The second kappa shape index (κ2) is 9.18. The summed E-state index contributed by atoms with van der Waals surface area (Å²) in [7, 11) is 1.67. The van der Waals surface area contributed by atoms with Gasteiger partial charge in [0.25, 0.3) is 5.91 Å². The molecule has 1 amide bonds. The first kappa shape index (κ1) is 20.2. The van der Waals surface area contributed by atoms with Gasteiger partial charge in [0.1, 0.15) is 5.75 Å². The zero-order chi connectivity index (χ0) is 20.9. The Morgan fingerprint density at radius 2 is 1.73 bits per heavy atom. The quantitative estimate of drug-likeness (QED) is 0.640. The number of rotatable bonds is 7. The Kier molecular flexibility index (Phi) is 6.19. The molecule has 0 aliphatic carbocycles. The van der Waals surface area contributed by atoms with Crippen LogP contribution in [0.2, 0.25) is 0 Å². The van der Waals surface area contributed by atoms with E-state index in [9.17, 15) is 4.79 Å². The lowest BCUT2D eigenvalue weighted by Gasteiger charge is -2.16. The van der Waals surface area contributed by atoms with Crippen molar-refractivity contribution in [3.8, 4) is 22.7 Å². The first-order chi connectivity index (χ1) is 14.7. The second-order valence-corrected chi connectivity index (χ2v) is 7.71. The number of ether oxygens (including phenoxy) is 1. The Labute approximate surface area is 178 Å². The van der Waals surface area contributed by atoms with Crippen LogP contribution in [0.4, 0.5) is 0 Å². The van der Waals surface area contributed by atoms with E-state index < -0.39 is 0 Å². The Hall–Kier alpha value is -3.05. The summed E-state index contributed by atoms with van der Waals surface area (Å²) < 4.78 is 7.72. The van der Waals surface area contributed by atoms with Gasteiger partial charge in [-0.25, -0.2) is 0 Å². The molecule has 156 valence electrons. The SMILES string of the molecule is COc1ccccc1-n1c(-c2ccccc2)cc(C(=O)NCCN2CCCC2)c1C. The molecule has 30 heavy (non-hydrogen) atoms. The van der Waals surface area contributed by atoms with Crippen LogP contribution in [0.5, 0.6) is 5.75 Å². The molecule has 5 nitrogen and oxygen atoms in total. The van der Waals surface area contributed by atoms with Gasteiger partial charge in [-0.15, -0.1) is 0 Å². The van der Waals surface area contributed by atoms with Gasteiger partial charge in [-0.05, 0) is 56.6 Å². The van der Waals surface area contributed by atoms with E-state index in [-0.39, 0.29) is 5.91 Å². The van der Waals surface area contributed by atoms with E-state index in [0.717, 1.165) is 48.0 Å². The third kappa shape index (κ3) is 4.12. The third-order valence-corrected chi connectivity index (χ3v) is 5.80. The van der Waals surface area contributed by atoms with Crippen LogP contribution < -0.4 is 10.1 Å². The maximum Gasteiger partial charge on any atom is 0.253 e. The van der Waals surface area contributed by atoms with E-state index in [1.807, 2.05) is 55.5 Å². The highest BCUT2D eigenvalue weighted by Gasteiger charge is 2.21. The Morgan fingerprint density at radius 1 is 1.03 bits per heavy atom. The van der Waals surface area contributed by atoms with Crippen molar-refractivity contribution >= 4 is 5.91 Å². The predicted molar refractivity (Wildman–Crippen MR) is 121 cm³/mol. The van der Waals surface area contributed by atoms with E-state index in [1.54, 1.807) is 7.11 Å². The standard InChI is InChI=1S/C25H29N3O2/c1-19-21(25(29)26-14-17-27-15-8-9-16-27)18-23(20-10-4-3-5-11-20)28(19)22-12-6-7-13-24(22)30-2/h3-7,10-13,18H,8-9,14-17H2,1-2H3,(H,26,29). The van der Waals surface area contributed by atoms with E-state index in [1.165, 1.54) is 12.8 Å². The number of benzene rings is 2. The summed E-state index contributed by atoms with van der Waals surface area (Å²) in [4.78, 5) is 15.5. The molecule has 1 aliphatic rings. The van der Waals surface area contributed by atoms with Gasteiger partial charge in [0, 0.05) is 18.8 Å². The number of amides is 1. The molecule has 0 unspecified atom stereocenters. The summed E-state index contributed by atoms with van der Waals surface area (Å²) in [6.45, 7) is 5.84. The molecule has 0 atom stereocenters. The van der Waals surface area contributed by atoms with Crippen molar-refractivity contribution in [3.05, 3.63) is 71.9 Å². The molecule has 0 spiro atoms. The fourth-order valence-corrected chi connectivity index (χ4v) is 4.21. The van der Waals surface area contributed by atoms with Crippen molar-refractivity contribution < 1.29 is 9.53 Å². The van der Waals surface area contributed by atoms with Crippen molar-refractivity contribution in [3.63, 3.8) is 0 Å². The number of nitrogens with zero attached hydrogens (tertiary/aromatic N) is 2. The van der Waals surface area contributed by atoms with E-state index in [0.29, 0.717) is 12.1 Å². The monoisotopic (exact) mass is 403 g/mol. The molecule has 1 aliphatic heterocycles. The number of carbonyl (C=O) groups is 1. The molecule has 4 rings (SSSR count). The highest BCUT2D eigenvalue weighted by Crippen LogP contribution is 2.33. The zero-order valence-electron chi connectivity index (χ0n) is 17.7. The van der Waals surface area contributed by atoms with Gasteiger partial charge < -0.3 is 19.5 Å². The summed E-state index contributed by atoms with van der Waals surface area (Å²) in [6, 6.07) is 20.1. The highest BCUT2D eigenvalue weighted by atomic mass is 16.5. The Bertz CT molecular complexity index is 1000. The first-order valence-electron chi connectivity index (χ1n) is 10.6. The molecule has 2 aromatic carbocycles. The maximum atomic E-state index is 13.0. The summed E-state index contributed by atoms with van der Waals surface area (Å²) in [5, 5.41) is 3.11. The van der Waals surface area contributed by atoms with Crippen molar-refractivity contribution in [2.75, 3.05) is 33.3 Å². The average Bonchev–Trinajstić information content (AvgIpc) is 3.42. The van der Waals surface area contributed by atoms with Gasteiger partial charge >= 0.3 is 0 Å². The number of aromatic nitrogens is 1. The van der Waals surface area contributed by atoms with Gasteiger partial charge in [0.15, 0.2) is 0 Å². The fourth-order valence-electron chi connectivity index (χ4n) is 4.21. The van der Waals surface area contributed by atoms with Crippen LogP contribution >= 0.6 is 0 Å². The lowest BCUT2D eigenvalue weighted by Crippen LogP contribution is -2.33. The minimum atomic E-state index is -0.0301. The van der Waals surface area contributed by atoms with Gasteiger partial charge in [0.05, 0.1) is 24.1 Å². The summed E-state index contributed by atoms with van der Waals surface area (Å²) >= 11 is 0. The first-order valence-corrected chi connectivity index (χ1v) is 10.6. The largest absolute Gasteiger partial charge is 0.495 e. The molecule has 0 saturated carbocycles. The number of methoxy groups -OCH3 is 1. The van der Waals surface area contributed by atoms with Crippen LogP contribution in [0.15, 0.2) is 60.7 Å². The summed E-state index contributed by atoms with van der Waals surface area (Å²) in [6.07, 6.45) is 2.52. The minimum Gasteiger partial charge on any atom is -0.495 e. The lowest BCUT2D eigenvalue weighted by molar-refractivity contribution is 0.0949. The van der Waals surface area contributed by atoms with Crippen LogP contribution in [0.1, 0.15) is 28.9 Å². The molecule has 1 saturated heterocycles. The molecular weight excluding hydrogens is 374 g/mol. The molecular formula is C25H29N3O2. The lowest BCUT2D eigenvalue weighted by atomic mass is 10.1. The van der Waals surface area contributed by atoms with Crippen LogP contribution in [-0.4, -0.2) is 48.7 Å². The number of para-hydroxylation sites is 2. The number of nitrogens with one attached hydrogen (secondary N) is 1. The molecule has 5 heteroatoms. The molecule has 2 heterocycles. The summed E-state index contributed by atoms with van der Waals surface area (Å²) in [5.41, 5.74) is 4.55. The number of hydrogen-bond donors (Lipinski definition) is 1. The van der Waals surface area contributed by atoms with Gasteiger partial charge in [0.2, 0.25) is 0 Å². The molecule has 1 aromatic heterocycles. The normalized spacial score (nSPS) is 14.1. The maximum absolute atomic E-state index is 13.0. The minimum absolute atomic E-state index is 0.0301. The summed E-state index contributed by atoms with van der Waals surface area (Å²) in [5.74, 6) is 0.742. The Balaban J connectivity index is 1.68. The zero-order valence-corrected chi connectivity index (χ0v) is 17.7. The number of likely N-dealkylation sites (tertiary alicyclic amines) is 1. The van der Waals surface area contributed by atoms with Crippen molar-refractivity contribution in [2.45, 2.75) is 19.8 Å². The topological polar surface area (TPSA) is 46.5 Å². The smallest absolute Gasteiger partial charge is 0.253 e. The van der Waals surface area contributed by atoms with Crippen molar-refractivity contribution in [2.24, 2.45) is 0 Å². The molecule has 3 aromatic rings. The van der Waals surface area contributed by atoms with E-state index in [2.05, 4.69) is 26.9 Å². The van der Waals surface area contributed by atoms with Gasteiger partial charge in [-0.3, -0.25) is 4.79 Å². The second-order valence-electron chi connectivity index (χ2n) is 7.71. The number of hydrogen-bond acceptors (Lipinski definition) is 3. The van der Waals surface area contributed by atoms with Gasteiger partial charge in [-0.1, -0.05) is 42.5 Å². The molecule has 0 bridgehead atoms. The average molecular weight is 404 g/mol. The van der Waals surface area contributed by atoms with Crippen LogP contribution in [0.25, 0.3) is 16.9 Å². The fraction of sp³-hybridized carbons (Fsp3) is 0.320. The van der Waals surface area contributed by atoms with Crippen LogP contribution in [0, 0.1) is 6.92 Å². The van der Waals surface area contributed by atoms with E-state index >= 15 is 0 Å². The Morgan fingerprint density at radius 3 is 2.47 bits per heavy atom. The van der Waals surface area contributed by atoms with Crippen molar-refractivity contribution in [1.82, 2.24) is 14.8 Å². The van der Waals surface area contributed by atoms with E-state index in [4.69, 9.17) is 4.74 Å². The highest BCUT2D eigenvalue weighted by molar-refractivity contribution is 5.97. The van der Waals surface area contributed by atoms with Crippen LogP contribution in [-0.2, 0) is 0 Å². The predicted octanol–water partition coefficient (Wildman–Crippen LogP) is 4.29. The van der Waals surface area contributed by atoms with Crippen molar-refractivity contribution in [1.29, 1.82) is 0 Å². The molecule has 1 N–H and O–H groups in total. The molecule has 0 radical (unpaired) electrons.